The fourth-order valence-electron chi connectivity index (χ4n) is 3.70. The molecule has 4 aromatic rings. The summed E-state index contributed by atoms with van der Waals surface area (Å²) in [6.07, 6.45) is 0. The van der Waals surface area contributed by atoms with E-state index in [1.807, 2.05) is 109 Å². The van der Waals surface area contributed by atoms with Crippen LogP contribution in [-0.4, -0.2) is 11.7 Å². The van der Waals surface area contributed by atoms with Crippen molar-refractivity contribution >= 4 is 17.9 Å². The third-order valence-corrected chi connectivity index (χ3v) is 7.95. The predicted molar refractivity (Wildman–Crippen MR) is 124 cm³/mol. The van der Waals surface area contributed by atoms with E-state index in [1.54, 1.807) is 6.07 Å². The van der Waals surface area contributed by atoms with Gasteiger partial charge >= 0.3 is 0 Å². The van der Waals surface area contributed by atoms with Crippen molar-refractivity contribution in [3.8, 4) is 5.75 Å². The van der Waals surface area contributed by atoms with Crippen LogP contribution in [0, 0.1) is 0 Å². The number of phenols is 1. The van der Waals surface area contributed by atoms with Crippen LogP contribution in [0.5, 0.6) is 5.75 Å². The van der Waals surface area contributed by atoms with Crippen LogP contribution in [0.15, 0.2) is 115 Å². The number of para-hydroxylation sites is 1. The molecule has 0 unspecified atom stereocenters. The average Bonchev–Trinajstić information content (AvgIpc) is 2.82. The molecule has 30 heavy (non-hydrogen) atoms. The van der Waals surface area contributed by atoms with E-state index in [-0.39, 0.29) is 11.7 Å². The zero-order valence-electron chi connectivity index (χ0n) is 16.6. The lowest BCUT2D eigenvalue weighted by atomic mass is 9.91. The number of hydrogen-bond acceptors (Lipinski definition) is 2. The maximum atomic E-state index is 14.3. The highest BCUT2D eigenvalue weighted by atomic mass is 31.2. The van der Waals surface area contributed by atoms with Crippen molar-refractivity contribution in [1.82, 2.24) is 5.09 Å². The molecule has 0 heterocycles. The Kier molecular flexibility index (Phi) is 6.13. The first-order valence-corrected chi connectivity index (χ1v) is 11.7. The standard InChI is InChI=1S/C26H24NO2P/c28-26-19-11-10-18-24(26)25(21-12-4-1-5-13-21)20-27-30(29,22-14-6-2-7-15-22)23-16-8-3-9-17-23/h1-19,25,28H,20H2,(H,27,29)/t25-/m0/s1. The van der Waals surface area contributed by atoms with E-state index in [4.69, 9.17) is 0 Å². The second-order valence-electron chi connectivity index (χ2n) is 7.16. The van der Waals surface area contributed by atoms with Gasteiger partial charge in [-0.1, -0.05) is 84.9 Å². The van der Waals surface area contributed by atoms with Crippen LogP contribution in [0.3, 0.4) is 0 Å². The second kappa shape index (κ2) is 9.13. The monoisotopic (exact) mass is 413 g/mol. The Morgan fingerprint density at radius 1 is 0.667 bits per heavy atom. The van der Waals surface area contributed by atoms with Gasteiger partial charge < -0.3 is 5.11 Å². The molecule has 0 aliphatic heterocycles. The Morgan fingerprint density at radius 3 is 1.67 bits per heavy atom. The van der Waals surface area contributed by atoms with Crippen LogP contribution in [0.4, 0.5) is 0 Å². The SMILES string of the molecule is O=P(NC[C@@H](c1ccccc1)c1ccccc1O)(c1ccccc1)c1ccccc1. The summed E-state index contributed by atoms with van der Waals surface area (Å²) >= 11 is 0. The molecular weight excluding hydrogens is 389 g/mol. The van der Waals surface area contributed by atoms with Gasteiger partial charge in [0.15, 0.2) is 0 Å². The topological polar surface area (TPSA) is 49.3 Å². The molecular formula is C26H24NO2P. The third kappa shape index (κ3) is 4.23. The van der Waals surface area contributed by atoms with Gasteiger partial charge in [0, 0.05) is 28.6 Å². The number of aromatic hydroxyl groups is 1. The molecule has 150 valence electrons. The van der Waals surface area contributed by atoms with Crippen molar-refractivity contribution < 1.29 is 9.67 Å². The smallest absolute Gasteiger partial charge is 0.204 e. The molecule has 0 fully saturated rings. The second-order valence-corrected chi connectivity index (χ2v) is 9.73. The summed E-state index contributed by atoms with van der Waals surface area (Å²) < 4.78 is 14.3. The summed E-state index contributed by atoms with van der Waals surface area (Å²) in [5, 5.41) is 15.4. The Bertz CT molecular complexity index is 1090. The van der Waals surface area contributed by atoms with Gasteiger partial charge in [-0.15, -0.1) is 0 Å². The van der Waals surface area contributed by atoms with E-state index in [0.29, 0.717) is 6.54 Å². The van der Waals surface area contributed by atoms with Crippen molar-refractivity contribution in [2.75, 3.05) is 6.54 Å². The van der Waals surface area contributed by atoms with E-state index >= 15 is 0 Å². The summed E-state index contributed by atoms with van der Waals surface area (Å²) in [6, 6.07) is 36.4. The Hall–Kier alpha value is -3.13. The van der Waals surface area contributed by atoms with E-state index in [9.17, 15) is 9.67 Å². The molecule has 3 nitrogen and oxygen atoms in total. The van der Waals surface area contributed by atoms with Crippen LogP contribution in [0.2, 0.25) is 0 Å². The van der Waals surface area contributed by atoms with Crippen molar-refractivity contribution in [3.63, 3.8) is 0 Å². The molecule has 2 N–H and O–H groups in total. The highest BCUT2D eigenvalue weighted by Gasteiger charge is 2.29. The lowest BCUT2D eigenvalue weighted by Gasteiger charge is -2.25. The van der Waals surface area contributed by atoms with Gasteiger partial charge in [0.2, 0.25) is 7.29 Å². The zero-order chi connectivity index (χ0) is 20.8. The van der Waals surface area contributed by atoms with Gasteiger partial charge in [0.1, 0.15) is 5.75 Å². The van der Waals surface area contributed by atoms with Gasteiger partial charge in [-0.2, -0.15) is 0 Å². The van der Waals surface area contributed by atoms with Crippen molar-refractivity contribution in [2.45, 2.75) is 5.92 Å². The molecule has 0 bridgehead atoms. The van der Waals surface area contributed by atoms with Gasteiger partial charge in [0.25, 0.3) is 0 Å². The van der Waals surface area contributed by atoms with Gasteiger partial charge in [-0.3, -0.25) is 9.65 Å². The molecule has 0 radical (unpaired) electrons. The van der Waals surface area contributed by atoms with E-state index in [0.717, 1.165) is 21.7 Å². The zero-order valence-corrected chi connectivity index (χ0v) is 17.5. The molecule has 0 amide bonds. The molecule has 4 rings (SSSR count). The fourth-order valence-corrected chi connectivity index (χ4v) is 5.99. The van der Waals surface area contributed by atoms with Crippen molar-refractivity contribution in [1.29, 1.82) is 0 Å². The minimum atomic E-state index is -3.07. The summed E-state index contributed by atoms with van der Waals surface area (Å²) in [7, 11) is -3.07. The van der Waals surface area contributed by atoms with Crippen LogP contribution in [-0.2, 0) is 4.57 Å². The summed E-state index contributed by atoms with van der Waals surface area (Å²) in [5.74, 6) is 0.0931. The maximum absolute atomic E-state index is 14.3. The van der Waals surface area contributed by atoms with Crippen molar-refractivity contribution in [2.24, 2.45) is 0 Å². The van der Waals surface area contributed by atoms with Crippen LogP contribution in [0.1, 0.15) is 17.0 Å². The highest BCUT2D eigenvalue weighted by molar-refractivity contribution is 7.76. The number of hydrogen-bond donors (Lipinski definition) is 2. The fraction of sp³-hybridized carbons (Fsp3) is 0.0769. The minimum absolute atomic E-state index is 0.145. The molecule has 0 saturated heterocycles. The first-order chi connectivity index (χ1) is 14.7. The largest absolute Gasteiger partial charge is 0.508 e. The maximum Gasteiger partial charge on any atom is 0.204 e. The molecule has 0 aliphatic rings. The first-order valence-electron chi connectivity index (χ1n) is 9.98. The average molecular weight is 413 g/mol. The molecule has 0 aromatic heterocycles. The Morgan fingerprint density at radius 2 is 1.13 bits per heavy atom. The predicted octanol–water partition coefficient (Wildman–Crippen LogP) is 5.04. The number of nitrogens with one attached hydrogen (secondary N) is 1. The lowest BCUT2D eigenvalue weighted by molar-refractivity contribution is 0.464. The third-order valence-electron chi connectivity index (χ3n) is 5.27. The van der Waals surface area contributed by atoms with Gasteiger partial charge in [0.05, 0.1) is 0 Å². The van der Waals surface area contributed by atoms with Gasteiger partial charge in [-0.25, -0.2) is 0 Å². The molecule has 4 heteroatoms. The Balaban J connectivity index is 1.74. The van der Waals surface area contributed by atoms with Crippen LogP contribution < -0.4 is 15.7 Å². The van der Waals surface area contributed by atoms with E-state index in [2.05, 4.69) is 5.09 Å². The molecule has 4 aromatic carbocycles. The van der Waals surface area contributed by atoms with E-state index in [1.165, 1.54) is 0 Å². The number of rotatable bonds is 7. The van der Waals surface area contributed by atoms with E-state index < -0.39 is 7.29 Å². The normalized spacial score (nSPS) is 12.4. The lowest BCUT2D eigenvalue weighted by Crippen LogP contribution is -2.31. The molecule has 0 aliphatic carbocycles. The highest BCUT2D eigenvalue weighted by Crippen LogP contribution is 2.40. The van der Waals surface area contributed by atoms with Gasteiger partial charge in [-0.05, 0) is 35.9 Å². The minimum Gasteiger partial charge on any atom is -0.508 e. The molecule has 1 atom stereocenters. The number of phenolic OH excluding ortho intramolecular Hbond substituents is 1. The summed E-state index contributed by atoms with van der Waals surface area (Å²) in [4.78, 5) is 0. The quantitative estimate of drug-likeness (QED) is 0.417. The van der Waals surface area contributed by atoms with Crippen LogP contribution in [0.25, 0.3) is 0 Å². The summed E-state index contributed by atoms with van der Waals surface area (Å²) in [6.45, 7) is 0.419. The number of benzene rings is 4. The van der Waals surface area contributed by atoms with Crippen LogP contribution >= 0.6 is 7.29 Å². The van der Waals surface area contributed by atoms with Crippen molar-refractivity contribution in [3.05, 3.63) is 126 Å². The Labute approximate surface area is 177 Å². The summed E-state index contributed by atoms with van der Waals surface area (Å²) in [5.41, 5.74) is 1.86. The first kappa shape index (κ1) is 20.2. The molecule has 0 saturated carbocycles. The molecule has 0 spiro atoms.